The largest absolute Gasteiger partial charge is 0.377 e. The zero-order valence-electron chi connectivity index (χ0n) is 19.7. The van der Waals surface area contributed by atoms with E-state index in [2.05, 4.69) is 15.1 Å². The van der Waals surface area contributed by atoms with E-state index in [0.29, 0.717) is 18.6 Å². The highest BCUT2D eigenvalue weighted by atomic mass is 16.5. The quantitative estimate of drug-likeness (QED) is 0.545. The van der Waals surface area contributed by atoms with Crippen LogP contribution in [-0.4, -0.2) is 82.2 Å². The van der Waals surface area contributed by atoms with Crippen LogP contribution in [-0.2, 0) is 27.9 Å². The molecule has 1 aromatic carbocycles. The van der Waals surface area contributed by atoms with Gasteiger partial charge in [-0.25, -0.2) is 4.79 Å². The molecule has 3 fully saturated rings. The Labute approximate surface area is 198 Å². The van der Waals surface area contributed by atoms with E-state index in [4.69, 9.17) is 10.5 Å². The van der Waals surface area contributed by atoms with E-state index in [1.54, 1.807) is 11.6 Å². The van der Waals surface area contributed by atoms with Gasteiger partial charge in [-0.05, 0) is 37.0 Å². The molecule has 1 aromatic heterocycles. The van der Waals surface area contributed by atoms with Crippen LogP contribution in [0.4, 0.5) is 0 Å². The van der Waals surface area contributed by atoms with Gasteiger partial charge in [0.2, 0.25) is 11.8 Å². The molecule has 3 aliphatic rings. The number of fused-ring (bicyclic) bond motifs is 1. The first-order chi connectivity index (χ1) is 16.4. The topological polar surface area (TPSA) is 115 Å². The van der Waals surface area contributed by atoms with Gasteiger partial charge in [0.15, 0.2) is 0 Å². The van der Waals surface area contributed by atoms with Crippen molar-refractivity contribution in [2.45, 2.75) is 50.4 Å². The number of amides is 2. The number of nitrogens with zero attached hydrogens (tertiary/aromatic N) is 4. The molecule has 10 heteroatoms. The van der Waals surface area contributed by atoms with Crippen LogP contribution < -0.4 is 16.7 Å². The standard InChI is InChI=1S/C24H34N6O4/c1-27-21-12-16(2-3-19(21)30(24(27)33)20-4-5-22(31)26-23(20)32)15-29-8-6-28(7-9-29)10-11-34-18-13-17(25)14-18/h2-3,12,17-18,20H,4-11,13-15,25H2,1H3,(H,26,31,32). The Morgan fingerprint density at radius 2 is 1.79 bits per heavy atom. The van der Waals surface area contributed by atoms with Crippen LogP contribution >= 0.6 is 0 Å². The summed E-state index contributed by atoms with van der Waals surface area (Å²) in [6.45, 7) is 6.55. The molecule has 34 heavy (non-hydrogen) atoms. The maximum absolute atomic E-state index is 12.9. The summed E-state index contributed by atoms with van der Waals surface area (Å²) < 4.78 is 9.01. The van der Waals surface area contributed by atoms with Crippen molar-refractivity contribution in [2.24, 2.45) is 12.8 Å². The van der Waals surface area contributed by atoms with Gasteiger partial charge in [-0.2, -0.15) is 0 Å². The number of piperazine rings is 1. The van der Waals surface area contributed by atoms with Crippen molar-refractivity contribution in [3.05, 3.63) is 34.2 Å². The van der Waals surface area contributed by atoms with Crippen LogP contribution in [0, 0.1) is 0 Å². The number of hydrogen-bond donors (Lipinski definition) is 2. The number of nitrogens with one attached hydrogen (secondary N) is 1. The van der Waals surface area contributed by atoms with Crippen LogP contribution in [0.2, 0.25) is 0 Å². The van der Waals surface area contributed by atoms with Crippen LogP contribution in [0.5, 0.6) is 0 Å². The van der Waals surface area contributed by atoms with Crippen molar-refractivity contribution >= 4 is 22.8 Å². The van der Waals surface area contributed by atoms with Gasteiger partial charge in [0.05, 0.1) is 23.7 Å². The number of piperidine rings is 1. The molecule has 1 saturated carbocycles. The van der Waals surface area contributed by atoms with E-state index in [-0.39, 0.29) is 18.0 Å². The van der Waals surface area contributed by atoms with Gasteiger partial charge in [0.25, 0.3) is 0 Å². The van der Waals surface area contributed by atoms with Crippen LogP contribution in [0.3, 0.4) is 0 Å². The van der Waals surface area contributed by atoms with E-state index < -0.39 is 11.9 Å². The SMILES string of the molecule is Cn1c(=O)n(C2CCC(=O)NC2=O)c2ccc(CN3CCN(CCOC4CC(N)C4)CC3)cc21. The number of carbonyl (C=O) groups excluding carboxylic acids is 2. The maximum Gasteiger partial charge on any atom is 0.329 e. The van der Waals surface area contributed by atoms with Crippen molar-refractivity contribution < 1.29 is 14.3 Å². The van der Waals surface area contributed by atoms with Gasteiger partial charge in [-0.15, -0.1) is 0 Å². The molecule has 2 aliphatic heterocycles. The molecular formula is C24H34N6O4. The summed E-state index contributed by atoms with van der Waals surface area (Å²) in [5.74, 6) is -0.693. The number of hydrogen-bond acceptors (Lipinski definition) is 7. The second-order valence-electron chi connectivity index (χ2n) is 9.84. The summed E-state index contributed by atoms with van der Waals surface area (Å²) >= 11 is 0. The normalized spacial score (nSPS) is 26.6. The molecule has 3 heterocycles. The fraction of sp³-hybridized carbons (Fsp3) is 0.625. The first-order valence-electron chi connectivity index (χ1n) is 12.2. The van der Waals surface area contributed by atoms with E-state index in [9.17, 15) is 14.4 Å². The fourth-order valence-corrected chi connectivity index (χ4v) is 5.26. The molecule has 184 valence electrons. The molecule has 0 bridgehead atoms. The van der Waals surface area contributed by atoms with Crippen LogP contribution in [0.25, 0.3) is 11.0 Å². The molecule has 1 unspecified atom stereocenters. The Morgan fingerprint density at radius 1 is 1.06 bits per heavy atom. The summed E-state index contributed by atoms with van der Waals surface area (Å²) in [5.41, 5.74) is 8.25. The van der Waals surface area contributed by atoms with Gasteiger partial charge in [-0.1, -0.05) is 6.07 Å². The molecule has 0 radical (unpaired) electrons. The third-order valence-electron chi connectivity index (χ3n) is 7.44. The third kappa shape index (κ3) is 4.68. The maximum atomic E-state index is 12.9. The molecule has 3 N–H and O–H groups in total. The van der Waals surface area contributed by atoms with Gasteiger partial charge in [0, 0.05) is 58.8 Å². The second kappa shape index (κ2) is 9.61. The first kappa shape index (κ1) is 23.2. The zero-order chi connectivity index (χ0) is 23.8. The van der Waals surface area contributed by atoms with E-state index in [1.165, 1.54) is 4.57 Å². The van der Waals surface area contributed by atoms with Gasteiger partial charge >= 0.3 is 5.69 Å². The number of nitrogens with two attached hydrogens (primary N) is 1. The average molecular weight is 471 g/mol. The smallest absolute Gasteiger partial charge is 0.329 e. The Bertz CT molecular complexity index is 1130. The Morgan fingerprint density at radius 3 is 2.50 bits per heavy atom. The summed E-state index contributed by atoms with van der Waals surface area (Å²) in [5, 5.41) is 2.35. The molecule has 2 saturated heterocycles. The Hall–Kier alpha value is -2.53. The predicted octanol–water partition coefficient (Wildman–Crippen LogP) is -0.0584. The van der Waals surface area contributed by atoms with E-state index in [1.807, 2.05) is 18.2 Å². The van der Waals surface area contributed by atoms with E-state index in [0.717, 1.165) is 75.3 Å². The molecule has 0 spiro atoms. The van der Waals surface area contributed by atoms with Crippen LogP contribution in [0.15, 0.2) is 23.0 Å². The number of imide groups is 1. The number of carbonyl (C=O) groups is 2. The Balaban J connectivity index is 1.19. The number of ether oxygens (including phenoxy) is 1. The highest BCUT2D eigenvalue weighted by molar-refractivity contribution is 6.00. The van der Waals surface area contributed by atoms with Crippen molar-refractivity contribution in [3.8, 4) is 0 Å². The lowest BCUT2D eigenvalue weighted by molar-refractivity contribution is -0.135. The average Bonchev–Trinajstić information content (AvgIpc) is 3.04. The zero-order valence-corrected chi connectivity index (χ0v) is 19.7. The monoisotopic (exact) mass is 470 g/mol. The second-order valence-corrected chi connectivity index (χ2v) is 9.84. The molecule has 2 aromatic rings. The molecule has 10 nitrogen and oxygen atoms in total. The lowest BCUT2D eigenvalue weighted by Gasteiger charge is -2.36. The number of aromatic nitrogens is 2. The highest BCUT2D eigenvalue weighted by Crippen LogP contribution is 2.24. The highest BCUT2D eigenvalue weighted by Gasteiger charge is 2.31. The van der Waals surface area contributed by atoms with E-state index >= 15 is 0 Å². The minimum Gasteiger partial charge on any atom is -0.377 e. The molecular weight excluding hydrogens is 436 g/mol. The lowest BCUT2D eigenvalue weighted by Crippen LogP contribution is -2.47. The van der Waals surface area contributed by atoms with Crippen molar-refractivity contribution in [1.82, 2.24) is 24.3 Å². The fourth-order valence-electron chi connectivity index (χ4n) is 5.26. The minimum atomic E-state index is -0.655. The van der Waals surface area contributed by atoms with Gasteiger partial charge in [-0.3, -0.25) is 33.8 Å². The summed E-state index contributed by atoms with van der Waals surface area (Å²) in [4.78, 5) is 41.7. The number of benzene rings is 1. The first-order valence-corrected chi connectivity index (χ1v) is 12.2. The van der Waals surface area contributed by atoms with Crippen molar-refractivity contribution in [2.75, 3.05) is 39.3 Å². The number of rotatable bonds is 7. The molecule has 2 amide bonds. The number of imidazole rings is 1. The van der Waals surface area contributed by atoms with Crippen molar-refractivity contribution in [3.63, 3.8) is 0 Å². The van der Waals surface area contributed by atoms with Crippen molar-refractivity contribution in [1.29, 1.82) is 0 Å². The predicted molar refractivity (Wildman–Crippen MR) is 127 cm³/mol. The summed E-state index contributed by atoms with van der Waals surface area (Å²) in [6, 6.07) is 5.68. The summed E-state index contributed by atoms with van der Waals surface area (Å²) in [6.07, 6.45) is 2.91. The molecule has 1 aliphatic carbocycles. The molecule has 1 atom stereocenters. The Kier molecular flexibility index (Phi) is 6.57. The third-order valence-corrected chi connectivity index (χ3v) is 7.44. The van der Waals surface area contributed by atoms with Gasteiger partial charge in [0.1, 0.15) is 6.04 Å². The summed E-state index contributed by atoms with van der Waals surface area (Å²) in [7, 11) is 1.73. The number of aryl methyl sites for hydroxylation is 1. The molecule has 5 rings (SSSR count). The lowest BCUT2D eigenvalue weighted by atomic mass is 9.90. The van der Waals surface area contributed by atoms with Gasteiger partial charge < -0.3 is 10.5 Å². The minimum absolute atomic E-state index is 0.235. The van der Waals surface area contributed by atoms with Crippen LogP contribution in [0.1, 0.15) is 37.3 Å².